The van der Waals surface area contributed by atoms with Crippen LogP contribution in [0.2, 0.25) is 0 Å². The van der Waals surface area contributed by atoms with Crippen molar-refractivity contribution in [2.24, 2.45) is 0 Å². The Kier molecular flexibility index (Phi) is 6.87. The van der Waals surface area contributed by atoms with Crippen molar-refractivity contribution in [1.82, 2.24) is 4.31 Å². The molecule has 0 aliphatic heterocycles. The van der Waals surface area contributed by atoms with E-state index in [2.05, 4.69) is 5.32 Å². The van der Waals surface area contributed by atoms with E-state index >= 15 is 0 Å². The number of carbonyl (C=O) groups excluding carboxylic acids is 1. The van der Waals surface area contributed by atoms with Crippen molar-refractivity contribution < 1.29 is 13.2 Å². The van der Waals surface area contributed by atoms with Crippen molar-refractivity contribution in [2.45, 2.75) is 50.0 Å². The molecule has 2 aromatic carbocycles. The molecule has 0 bridgehead atoms. The zero-order chi connectivity index (χ0) is 20.9. The molecule has 0 unspecified atom stereocenters. The monoisotopic (exact) mass is 412 g/mol. The molecule has 2 aromatic rings. The van der Waals surface area contributed by atoms with E-state index in [4.69, 9.17) is 0 Å². The highest BCUT2D eigenvalue weighted by molar-refractivity contribution is 7.89. The summed E-state index contributed by atoms with van der Waals surface area (Å²) in [5.74, 6) is -0.263. The maximum Gasteiger partial charge on any atom is 0.248 e. The molecule has 5 nitrogen and oxygen atoms in total. The summed E-state index contributed by atoms with van der Waals surface area (Å²) in [5.41, 5.74) is 2.66. The molecule has 0 saturated heterocycles. The van der Waals surface area contributed by atoms with Gasteiger partial charge in [-0.3, -0.25) is 4.79 Å². The van der Waals surface area contributed by atoms with Crippen molar-refractivity contribution in [3.8, 4) is 0 Å². The average Bonchev–Trinajstić information content (AvgIpc) is 2.74. The molecular weight excluding hydrogens is 384 g/mol. The lowest BCUT2D eigenvalue weighted by Gasteiger charge is -2.30. The van der Waals surface area contributed by atoms with Gasteiger partial charge in [-0.1, -0.05) is 49.1 Å². The van der Waals surface area contributed by atoms with Crippen LogP contribution in [0.5, 0.6) is 0 Å². The lowest BCUT2D eigenvalue weighted by atomic mass is 9.96. The smallest absolute Gasteiger partial charge is 0.248 e. The standard InChI is InChI=1S/C23H28N2O3S/c1-18-8-10-19(11-9-18)12-17-23(26)24-20-13-15-22(16-14-20)29(27,28)25(2)21-6-4-3-5-7-21/h8-17,21H,3-7H2,1-2H3,(H,24,26)/b17-12+. The van der Waals surface area contributed by atoms with Crippen LogP contribution in [0.1, 0.15) is 43.2 Å². The molecule has 0 radical (unpaired) electrons. The molecule has 0 spiro atoms. The summed E-state index contributed by atoms with van der Waals surface area (Å²) in [7, 11) is -1.86. The van der Waals surface area contributed by atoms with Gasteiger partial charge in [-0.15, -0.1) is 0 Å². The largest absolute Gasteiger partial charge is 0.323 e. The van der Waals surface area contributed by atoms with Gasteiger partial charge in [-0.25, -0.2) is 8.42 Å². The highest BCUT2D eigenvalue weighted by Gasteiger charge is 2.28. The molecule has 6 heteroatoms. The fraction of sp³-hybridized carbons (Fsp3) is 0.348. The van der Waals surface area contributed by atoms with Crippen molar-refractivity contribution in [2.75, 3.05) is 12.4 Å². The minimum absolute atomic E-state index is 0.0695. The zero-order valence-corrected chi connectivity index (χ0v) is 17.8. The Morgan fingerprint density at radius 3 is 2.24 bits per heavy atom. The summed E-state index contributed by atoms with van der Waals surface area (Å²) < 4.78 is 27.3. The van der Waals surface area contributed by atoms with Gasteiger partial charge in [0.15, 0.2) is 0 Å². The van der Waals surface area contributed by atoms with Gasteiger partial charge in [-0.05, 0) is 55.7 Å². The third kappa shape index (κ3) is 5.55. The minimum Gasteiger partial charge on any atom is -0.323 e. The second-order valence-corrected chi connectivity index (χ2v) is 9.57. The summed E-state index contributed by atoms with van der Waals surface area (Å²) >= 11 is 0. The first-order valence-corrected chi connectivity index (χ1v) is 11.4. The van der Waals surface area contributed by atoms with E-state index in [1.165, 1.54) is 16.8 Å². The Labute approximate surface area is 173 Å². The second kappa shape index (κ2) is 9.37. The van der Waals surface area contributed by atoms with Crippen molar-refractivity contribution in [3.05, 3.63) is 65.7 Å². The fourth-order valence-electron chi connectivity index (χ4n) is 3.55. The molecule has 1 fully saturated rings. The summed E-state index contributed by atoms with van der Waals surface area (Å²) in [6.07, 6.45) is 8.36. The molecule has 1 aliphatic carbocycles. The van der Waals surface area contributed by atoms with E-state index < -0.39 is 10.0 Å². The van der Waals surface area contributed by atoms with E-state index in [9.17, 15) is 13.2 Å². The fourth-order valence-corrected chi connectivity index (χ4v) is 4.97. The highest BCUT2D eigenvalue weighted by Crippen LogP contribution is 2.27. The van der Waals surface area contributed by atoms with Crippen LogP contribution in [-0.4, -0.2) is 31.7 Å². The van der Waals surface area contributed by atoms with Crippen LogP contribution in [-0.2, 0) is 14.8 Å². The lowest BCUT2D eigenvalue weighted by molar-refractivity contribution is -0.111. The van der Waals surface area contributed by atoms with Crippen LogP contribution in [0.25, 0.3) is 6.08 Å². The Morgan fingerprint density at radius 2 is 1.62 bits per heavy atom. The number of carbonyl (C=O) groups is 1. The highest BCUT2D eigenvalue weighted by atomic mass is 32.2. The Morgan fingerprint density at radius 1 is 1.00 bits per heavy atom. The first kappa shape index (κ1) is 21.3. The molecule has 0 atom stereocenters. The number of nitrogens with one attached hydrogen (secondary N) is 1. The van der Waals surface area contributed by atoms with Crippen molar-refractivity contribution in [3.63, 3.8) is 0 Å². The van der Waals surface area contributed by atoms with Crippen molar-refractivity contribution in [1.29, 1.82) is 0 Å². The molecule has 154 valence electrons. The Hall–Kier alpha value is -2.44. The number of anilines is 1. The lowest BCUT2D eigenvalue weighted by Crippen LogP contribution is -2.38. The Balaban J connectivity index is 1.63. The summed E-state index contributed by atoms with van der Waals surface area (Å²) in [4.78, 5) is 12.4. The van der Waals surface area contributed by atoms with Crippen LogP contribution >= 0.6 is 0 Å². The maximum absolute atomic E-state index is 12.9. The molecule has 0 heterocycles. The van der Waals surface area contributed by atoms with E-state index in [1.807, 2.05) is 31.2 Å². The van der Waals surface area contributed by atoms with Gasteiger partial charge in [-0.2, -0.15) is 4.31 Å². The molecule has 29 heavy (non-hydrogen) atoms. The molecular formula is C23H28N2O3S. The van der Waals surface area contributed by atoms with E-state index in [0.29, 0.717) is 5.69 Å². The van der Waals surface area contributed by atoms with Gasteiger partial charge in [0, 0.05) is 24.9 Å². The van der Waals surface area contributed by atoms with Crippen LogP contribution in [0.3, 0.4) is 0 Å². The van der Waals surface area contributed by atoms with Gasteiger partial charge >= 0.3 is 0 Å². The van der Waals surface area contributed by atoms with Crippen LogP contribution in [0, 0.1) is 6.92 Å². The van der Waals surface area contributed by atoms with Gasteiger partial charge < -0.3 is 5.32 Å². The second-order valence-electron chi connectivity index (χ2n) is 7.57. The summed E-state index contributed by atoms with van der Waals surface area (Å²) in [6, 6.07) is 14.3. The van der Waals surface area contributed by atoms with Crippen LogP contribution < -0.4 is 5.32 Å². The van der Waals surface area contributed by atoms with E-state index in [0.717, 1.165) is 36.8 Å². The number of benzene rings is 2. The number of aryl methyl sites for hydroxylation is 1. The van der Waals surface area contributed by atoms with Crippen LogP contribution in [0.4, 0.5) is 5.69 Å². The normalized spacial score (nSPS) is 15.7. The van der Waals surface area contributed by atoms with Gasteiger partial charge in [0.1, 0.15) is 0 Å². The number of amides is 1. The predicted molar refractivity (Wildman–Crippen MR) is 117 cm³/mol. The number of nitrogens with zero attached hydrogens (tertiary/aromatic N) is 1. The summed E-state index contributed by atoms with van der Waals surface area (Å²) in [5, 5.41) is 2.76. The van der Waals surface area contributed by atoms with E-state index in [1.54, 1.807) is 37.4 Å². The van der Waals surface area contributed by atoms with E-state index in [-0.39, 0.29) is 16.8 Å². The molecule has 1 aliphatic rings. The first-order chi connectivity index (χ1) is 13.9. The van der Waals surface area contributed by atoms with Crippen molar-refractivity contribution >= 4 is 27.7 Å². The molecule has 1 amide bonds. The number of rotatable bonds is 6. The number of hydrogen-bond acceptors (Lipinski definition) is 3. The topological polar surface area (TPSA) is 66.5 Å². The first-order valence-electron chi connectivity index (χ1n) is 10.00. The maximum atomic E-state index is 12.9. The third-order valence-corrected chi connectivity index (χ3v) is 7.32. The van der Waals surface area contributed by atoms with Gasteiger partial charge in [0.2, 0.25) is 15.9 Å². The zero-order valence-electron chi connectivity index (χ0n) is 17.0. The molecule has 3 rings (SSSR count). The minimum atomic E-state index is -3.53. The Bertz CT molecular complexity index is 958. The molecule has 1 saturated carbocycles. The van der Waals surface area contributed by atoms with Gasteiger partial charge in [0.25, 0.3) is 0 Å². The molecule has 0 aromatic heterocycles. The SMILES string of the molecule is Cc1ccc(/C=C/C(=O)Nc2ccc(S(=O)(=O)N(C)C3CCCCC3)cc2)cc1. The quantitative estimate of drug-likeness (QED) is 0.705. The van der Waals surface area contributed by atoms with Crippen LogP contribution in [0.15, 0.2) is 59.5 Å². The predicted octanol–water partition coefficient (Wildman–Crippen LogP) is 4.60. The summed E-state index contributed by atoms with van der Waals surface area (Å²) in [6.45, 7) is 2.01. The van der Waals surface area contributed by atoms with Gasteiger partial charge in [0.05, 0.1) is 4.90 Å². The average molecular weight is 413 g/mol. The molecule has 1 N–H and O–H groups in total. The number of hydrogen-bond donors (Lipinski definition) is 1. The number of sulfonamides is 1. The third-order valence-electron chi connectivity index (χ3n) is 5.39.